The molecule has 19 heteroatoms. The first-order valence-corrected chi connectivity index (χ1v) is 43.6. The summed E-state index contributed by atoms with van der Waals surface area (Å²) in [7, 11) is -9.91. The molecule has 0 saturated carbocycles. The molecule has 0 bridgehead atoms. The Hall–Kier alpha value is -1.94. The zero-order chi connectivity index (χ0) is 71.2. The SMILES string of the molecule is CCCCCCCCCCCCCCCCCCCCCCC(=O)O[C@H](COC(=O)CCCCCCCCCCCCCCCCC)COP(=O)(O)OC[C@@H](O)COP(=O)(O)OC[C@@H](COC(=O)CCCCCCCCCC)OC(=O)CCCCCCCCCCCCCC(C)C. The molecule has 3 N–H and O–H groups in total. The Kier molecular flexibility index (Phi) is 69.6. The van der Waals surface area contributed by atoms with Gasteiger partial charge >= 0.3 is 39.5 Å². The summed E-state index contributed by atoms with van der Waals surface area (Å²) in [6.07, 6.45) is 61.1. The van der Waals surface area contributed by atoms with E-state index in [0.717, 1.165) is 102 Å². The second-order valence-corrected chi connectivity index (χ2v) is 31.5. The Morgan fingerprint density at radius 2 is 0.474 bits per heavy atom. The van der Waals surface area contributed by atoms with Crippen LogP contribution in [0.5, 0.6) is 0 Å². The lowest BCUT2D eigenvalue weighted by molar-refractivity contribution is -0.161. The van der Waals surface area contributed by atoms with E-state index in [4.69, 9.17) is 37.0 Å². The minimum Gasteiger partial charge on any atom is -0.462 e. The Balaban J connectivity index is 5.19. The van der Waals surface area contributed by atoms with Crippen LogP contribution in [-0.2, 0) is 65.4 Å². The van der Waals surface area contributed by atoms with Crippen LogP contribution in [0.1, 0.15) is 413 Å². The van der Waals surface area contributed by atoms with E-state index in [0.29, 0.717) is 25.7 Å². The average Bonchev–Trinajstić information content (AvgIpc) is 1.37. The molecule has 0 aromatic rings. The Bertz CT molecular complexity index is 1860. The van der Waals surface area contributed by atoms with Crippen LogP contribution in [0.3, 0.4) is 0 Å². The molecular weight excluding hydrogens is 1270 g/mol. The van der Waals surface area contributed by atoms with Crippen molar-refractivity contribution in [3.8, 4) is 0 Å². The van der Waals surface area contributed by atoms with E-state index in [2.05, 4.69) is 34.6 Å². The first-order chi connectivity index (χ1) is 47.0. The molecule has 17 nitrogen and oxygen atoms in total. The maximum absolute atomic E-state index is 13.1. The van der Waals surface area contributed by atoms with Crippen LogP contribution in [0, 0.1) is 5.92 Å². The lowest BCUT2D eigenvalue weighted by Crippen LogP contribution is -2.30. The number of aliphatic hydroxyl groups excluding tert-OH is 1. The minimum absolute atomic E-state index is 0.107. The summed E-state index contributed by atoms with van der Waals surface area (Å²) in [6.45, 7) is 7.28. The summed E-state index contributed by atoms with van der Waals surface area (Å²) in [6, 6.07) is 0. The van der Waals surface area contributed by atoms with Crippen molar-refractivity contribution in [1.29, 1.82) is 0 Å². The average molecular weight is 1420 g/mol. The van der Waals surface area contributed by atoms with Crippen LogP contribution in [-0.4, -0.2) is 96.7 Å². The van der Waals surface area contributed by atoms with Gasteiger partial charge in [0, 0.05) is 25.7 Å². The fourth-order valence-electron chi connectivity index (χ4n) is 12.1. The van der Waals surface area contributed by atoms with Crippen LogP contribution in [0.15, 0.2) is 0 Å². The van der Waals surface area contributed by atoms with Gasteiger partial charge in [0.1, 0.15) is 19.3 Å². The van der Waals surface area contributed by atoms with Gasteiger partial charge in [-0.3, -0.25) is 37.3 Å². The highest BCUT2D eigenvalue weighted by Crippen LogP contribution is 2.45. The van der Waals surface area contributed by atoms with Crippen LogP contribution in [0.4, 0.5) is 0 Å². The largest absolute Gasteiger partial charge is 0.472 e. The van der Waals surface area contributed by atoms with E-state index in [-0.39, 0.29) is 25.7 Å². The number of unbranched alkanes of at least 4 members (excludes halogenated alkanes) is 50. The summed E-state index contributed by atoms with van der Waals surface area (Å²) in [5.41, 5.74) is 0. The van der Waals surface area contributed by atoms with Gasteiger partial charge in [0.15, 0.2) is 12.2 Å². The molecular formula is C78H152O17P2. The van der Waals surface area contributed by atoms with Crippen molar-refractivity contribution < 1.29 is 80.2 Å². The van der Waals surface area contributed by atoms with Gasteiger partial charge in [-0.2, -0.15) is 0 Å². The Morgan fingerprint density at radius 3 is 0.701 bits per heavy atom. The molecule has 0 rings (SSSR count). The van der Waals surface area contributed by atoms with Crippen LogP contribution >= 0.6 is 15.6 Å². The summed E-state index contributed by atoms with van der Waals surface area (Å²) >= 11 is 0. The van der Waals surface area contributed by atoms with Crippen molar-refractivity contribution in [2.75, 3.05) is 39.6 Å². The van der Waals surface area contributed by atoms with Gasteiger partial charge in [-0.05, 0) is 31.6 Å². The first-order valence-electron chi connectivity index (χ1n) is 40.6. The zero-order valence-electron chi connectivity index (χ0n) is 63.2. The van der Waals surface area contributed by atoms with E-state index < -0.39 is 97.5 Å². The number of esters is 4. The van der Waals surface area contributed by atoms with Crippen molar-refractivity contribution in [2.24, 2.45) is 5.92 Å². The Labute approximate surface area is 594 Å². The lowest BCUT2D eigenvalue weighted by atomic mass is 10.0. The van der Waals surface area contributed by atoms with Crippen molar-refractivity contribution in [3.05, 3.63) is 0 Å². The third-order valence-corrected chi connectivity index (χ3v) is 20.2. The predicted octanol–water partition coefficient (Wildman–Crippen LogP) is 23.3. The minimum atomic E-state index is -4.96. The molecule has 576 valence electrons. The van der Waals surface area contributed by atoms with Crippen molar-refractivity contribution in [2.45, 2.75) is 432 Å². The summed E-state index contributed by atoms with van der Waals surface area (Å²) in [5.74, 6) is -1.35. The molecule has 2 unspecified atom stereocenters. The first kappa shape index (κ1) is 95.1. The number of carbonyl (C=O) groups excluding carboxylic acids is 4. The van der Waals surface area contributed by atoms with Gasteiger partial charge in [0.2, 0.25) is 0 Å². The number of aliphatic hydroxyl groups is 1. The standard InChI is InChI=1S/C78H152O17P2/c1-6-9-12-15-18-21-23-25-27-28-29-30-31-33-35-39-43-48-53-58-63-77(82)95-74(68-89-76(81)62-57-52-47-42-38-34-32-26-24-22-19-16-13-10-7-2)70-93-97(86,87)91-66-72(79)65-90-96(84,85)92-69-73(67-88-75(80)61-56-51-46-20-17-14-11-8-3)94-78(83)64-59-54-49-44-40-36-37-41-45-50-55-60-71(4)5/h71-74,79H,6-70H2,1-5H3,(H,84,85)(H,86,87)/t72-,73+,74+/m0/s1. The van der Waals surface area contributed by atoms with E-state index in [1.54, 1.807) is 0 Å². The highest BCUT2D eigenvalue weighted by molar-refractivity contribution is 7.47. The van der Waals surface area contributed by atoms with Gasteiger partial charge in [-0.25, -0.2) is 9.13 Å². The van der Waals surface area contributed by atoms with Crippen LogP contribution in [0.2, 0.25) is 0 Å². The molecule has 0 aliphatic carbocycles. The second-order valence-electron chi connectivity index (χ2n) is 28.6. The molecule has 5 atom stereocenters. The Morgan fingerprint density at radius 1 is 0.278 bits per heavy atom. The molecule has 0 aromatic heterocycles. The highest BCUT2D eigenvalue weighted by Gasteiger charge is 2.30. The second kappa shape index (κ2) is 71.1. The number of phosphoric ester groups is 2. The fourth-order valence-corrected chi connectivity index (χ4v) is 13.6. The summed E-state index contributed by atoms with van der Waals surface area (Å²) in [5, 5.41) is 10.6. The van der Waals surface area contributed by atoms with E-state index >= 15 is 0 Å². The molecule has 0 saturated heterocycles. The maximum Gasteiger partial charge on any atom is 0.472 e. The van der Waals surface area contributed by atoms with Crippen LogP contribution < -0.4 is 0 Å². The van der Waals surface area contributed by atoms with Crippen molar-refractivity contribution in [1.82, 2.24) is 0 Å². The molecule has 0 spiro atoms. The van der Waals surface area contributed by atoms with Gasteiger partial charge in [-0.15, -0.1) is 0 Å². The molecule has 0 amide bonds. The number of ether oxygens (including phenoxy) is 4. The molecule has 0 fully saturated rings. The molecule has 0 heterocycles. The third-order valence-electron chi connectivity index (χ3n) is 18.3. The van der Waals surface area contributed by atoms with Crippen molar-refractivity contribution >= 4 is 39.5 Å². The van der Waals surface area contributed by atoms with Gasteiger partial charge in [0.25, 0.3) is 0 Å². The van der Waals surface area contributed by atoms with Gasteiger partial charge < -0.3 is 33.8 Å². The van der Waals surface area contributed by atoms with E-state index in [1.807, 2.05) is 0 Å². The third kappa shape index (κ3) is 72.2. The summed E-state index contributed by atoms with van der Waals surface area (Å²) < 4.78 is 68.5. The predicted molar refractivity (Wildman–Crippen MR) is 395 cm³/mol. The fraction of sp³-hybridized carbons (Fsp3) is 0.949. The molecule has 97 heavy (non-hydrogen) atoms. The number of phosphoric acid groups is 2. The number of rotatable bonds is 78. The lowest BCUT2D eigenvalue weighted by Gasteiger charge is -2.21. The number of hydrogen-bond donors (Lipinski definition) is 3. The van der Waals surface area contributed by atoms with E-state index in [1.165, 1.54) is 231 Å². The molecule has 0 aliphatic rings. The van der Waals surface area contributed by atoms with Gasteiger partial charge in [-0.1, -0.05) is 362 Å². The number of carbonyl (C=O) groups is 4. The highest BCUT2D eigenvalue weighted by atomic mass is 31.2. The van der Waals surface area contributed by atoms with E-state index in [9.17, 15) is 43.2 Å². The smallest absolute Gasteiger partial charge is 0.462 e. The normalized spacial score (nSPS) is 13.9. The maximum atomic E-state index is 13.1. The topological polar surface area (TPSA) is 237 Å². The van der Waals surface area contributed by atoms with Crippen LogP contribution in [0.25, 0.3) is 0 Å². The summed E-state index contributed by atoms with van der Waals surface area (Å²) in [4.78, 5) is 72.8. The molecule has 0 aliphatic heterocycles. The monoisotopic (exact) mass is 1420 g/mol. The van der Waals surface area contributed by atoms with Crippen molar-refractivity contribution in [3.63, 3.8) is 0 Å². The molecule has 0 radical (unpaired) electrons. The number of hydrogen-bond acceptors (Lipinski definition) is 15. The zero-order valence-corrected chi connectivity index (χ0v) is 65.0. The quantitative estimate of drug-likeness (QED) is 0.0222. The molecule has 0 aromatic carbocycles. The van der Waals surface area contributed by atoms with Gasteiger partial charge in [0.05, 0.1) is 26.4 Å².